The van der Waals surface area contributed by atoms with E-state index in [-0.39, 0.29) is 0 Å². The molecule has 362 valence electrons. The van der Waals surface area contributed by atoms with Crippen molar-refractivity contribution >= 4 is 32.3 Å². The Morgan fingerprint density at radius 2 is 0.431 bits per heavy atom. The van der Waals surface area contributed by atoms with Crippen LogP contribution >= 0.6 is 0 Å². The first-order chi connectivity index (χ1) is 34.6. The van der Waals surface area contributed by atoms with Crippen LogP contribution in [0.15, 0.2) is 231 Å². The molecule has 0 heteroatoms. The molecule has 0 heterocycles. The van der Waals surface area contributed by atoms with E-state index >= 15 is 0 Å². The lowest BCUT2D eigenvalue weighted by Crippen LogP contribution is -1.80. The average molecular weight is 939 g/mol. The summed E-state index contributed by atoms with van der Waals surface area (Å²) in [6.07, 6.45) is 0. The molecule has 0 unspecified atom stereocenters. The first kappa shape index (κ1) is 53.5. The average Bonchev–Trinajstić information content (AvgIpc) is 3.38. The molecule has 0 aliphatic rings. The Hall–Kier alpha value is -7.80. The van der Waals surface area contributed by atoms with Gasteiger partial charge in [0.15, 0.2) is 0 Å². The van der Waals surface area contributed by atoms with Crippen LogP contribution in [0.2, 0.25) is 0 Å². The molecular formula is C72H74. The molecule has 0 aromatic heterocycles. The van der Waals surface area contributed by atoms with E-state index in [4.69, 9.17) is 0 Å². The SMILES string of the molecule is Cc1ccc(-c2ccc(C)cc2)cc1.Cc1ccc(C)c2ccccc12.Cc1ccc(C)cc1.Cc1ccc2cc(C)ccc2c1.Cc1cccc(-c2cccc(C)c2)c1.Cc1cccc2c(C)cccc12. The molecule has 11 aromatic rings. The normalized spacial score (nSPS) is 10.2. The van der Waals surface area contributed by atoms with Gasteiger partial charge in [0.05, 0.1) is 0 Å². The first-order valence-electron chi connectivity index (χ1n) is 25.3. The molecule has 0 atom stereocenters. The number of benzene rings is 11. The lowest BCUT2D eigenvalue weighted by Gasteiger charge is -2.03. The summed E-state index contributed by atoms with van der Waals surface area (Å²) in [4.78, 5) is 0. The van der Waals surface area contributed by atoms with Gasteiger partial charge in [0.2, 0.25) is 0 Å². The van der Waals surface area contributed by atoms with E-state index in [2.05, 4.69) is 314 Å². The molecule has 0 amide bonds. The maximum Gasteiger partial charge on any atom is -0.0152 e. The van der Waals surface area contributed by atoms with Gasteiger partial charge < -0.3 is 0 Å². The molecule has 0 spiro atoms. The van der Waals surface area contributed by atoms with Crippen molar-refractivity contribution in [2.45, 2.75) is 83.1 Å². The monoisotopic (exact) mass is 939 g/mol. The highest BCUT2D eigenvalue weighted by atomic mass is 14.1. The van der Waals surface area contributed by atoms with Gasteiger partial charge in [0.1, 0.15) is 0 Å². The minimum absolute atomic E-state index is 1.29. The number of rotatable bonds is 2. The van der Waals surface area contributed by atoms with Gasteiger partial charge in [-0.05, 0) is 160 Å². The van der Waals surface area contributed by atoms with Crippen molar-refractivity contribution in [3.8, 4) is 22.3 Å². The topological polar surface area (TPSA) is 0 Å². The Morgan fingerprint density at radius 1 is 0.167 bits per heavy atom. The molecule has 0 aliphatic carbocycles. The summed E-state index contributed by atoms with van der Waals surface area (Å²) >= 11 is 0. The van der Waals surface area contributed by atoms with Crippen LogP contribution in [0.1, 0.15) is 66.8 Å². The molecule has 72 heavy (non-hydrogen) atoms. The zero-order chi connectivity index (χ0) is 51.6. The van der Waals surface area contributed by atoms with Gasteiger partial charge in [-0.25, -0.2) is 0 Å². The fraction of sp³-hybridized carbons (Fsp3) is 0.167. The van der Waals surface area contributed by atoms with Gasteiger partial charge in [0.25, 0.3) is 0 Å². The third kappa shape index (κ3) is 16.1. The van der Waals surface area contributed by atoms with E-state index in [1.165, 1.54) is 121 Å². The third-order valence-electron chi connectivity index (χ3n) is 12.9. The molecule has 0 saturated carbocycles. The fourth-order valence-electron chi connectivity index (χ4n) is 8.49. The molecule has 0 aliphatic heterocycles. The molecule has 11 aromatic carbocycles. The number of hydrogen-bond acceptors (Lipinski definition) is 0. The second kappa shape index (κ2) is 26.4. The van der Waals surface area contributed by atoms with Crippen LogP contribution in [0.25, 0.3) is 54.6 Å². The lowest BCUT2D eigenvalue weighted by molar-refractivity contribution is 1.40. The highest BCUT2D eigenvalue weighted by molar-refractivity contribution is 5.89. The zero-order valence-corrected chi connectivity index (χ0v) is 44.9. The van der Waals surface area contributed by atoms with E-state index in [9.17, 15) is 0 Å². The maximum atomic E-state index is 2.22. The van der Waals surface area contributed by atoms with Gasteiger partial charge in [-0.3, -0.25) is 0 Å². The van der Waals surface area contributed by atoms with Crippen molar-refractivity contribution in [1.29, 1.82) is 0 Å². The minimum atomic E-state index is 1.29. The minimum Gasteiger partial charge on any atom is -0.0616 e. The van der Waals surface area contributed by atoms with Crippen molar-refractivity contribution in [2.24, 2.45) is 0 Å². The van der Waals surface area contributed by atoms with E-state index in [1.807, 2.05) is 0 Å². The van der Waals surface area contributed by atoms with Crippen molar-refractivity contribution in [2.75, 3.05) is 0 Å². The lowest BCUT2D eigenvalue weighted by atomic mass is 10.0. The van der Waals surface area contributed by atoms with Crippen molar-refractivity contribution in [3.63, 3.8) is 0 Å². The van der Waals surface area contributed by atoms with Crippen LogP contribution in [0, 0.1) is 83.1 Å². The Kier molecular flexibility index (Phi) is 19.7. The summed E-state index contributed by atoms with van der Waals surface area (Å²) in [5.41, 5.74) is 21.1. The highest BCUT2D eigenvalue weighted by Gasteiger charge is 2.00. The van der Waals surface area contributed by atoms with Crippen molar-refractivity contribution in [1.82, 2.24) is 0 Å². The van der Waals surface area contributed by atoms with Crippen LogP contribution in [-0.4, -0.2) is 0 Å². The summed E-state index contributed by atoms with van der Waals surface area (Å²) in [6, 6.07) is 81.8. The molecule has 0 fully saturated rings. The second-order valence-corrected chi connectivity index (χ2v) is 19.5. The van der Waals surface area contributed by atoms with Crippen LogP contribution < -0.4 is 0 Å². The summed E-state index contributed by atoms with van der Waals surface area (Å²) in [5.74, 6) is 0. The Labute approximate surface area is 432 Å². The van der Waals surface area contributed by atoms with Gasteiger partial charge in [0, 0.05) is 0 Å². The fourth-order valence-corrected chi connectivity index (χ4v) is 8.49. The molecular weight excluding hydrogens is 865 g/mol. The summed E-state index contributed by atoms with van der Waals surface area (Å²) in [7, 11) is 0. The van der Waals surface area contributed by atoms with Gasteiger partial charge in [-0.15, -0.1) is 0 Å². The standard InChI is InChI=1S/2C14H14.3C12H12.C8H10/c1-11-3-7-13(8-4-11)14-9-5-12(2)6-10-14;1-11-5-3-7-13(9-11)14-8-4-6-12(2)10-14;1-9-3-5-12-8-10(2)4-6-11(12)7-9;1-9-5-3-8-12-10(2)6-4-7-11(9)12;1-9-7-8-10(2)12-6-4-3-5-11(9)12;1-7-3-5-8(2)6-4-7/h2*3-10H,1-2H3;3*3-8H,1-2H3;3-6H,1-2H3. The Bertz CT molecular complexity index is 3170. The van der Waals surface area contributed by atoms with Crippen LogP contribution in [0.3, 0.4) is 0 Å². The molecule has 0 bridgehead atoms. The quantitative estimate of drug-likeness (QED) is 0.162. The van der Waals surface area contributed by atoms with Crippen molar-refractivity contribution in [3.05, 3.63) is 297 Å². The Morgan fingerprint density at radius 3 is 0.764 bits per heavy atom. The predicted octanol–water partition coefficient (Wildman–Crippen LogP) is 20.6. The van der Waals surface area contributed by atoms with E-state index < -0.39 is 0 Å². The number of fused-ring (bicyclic) bond motifs is 3. The van der Waals surface area contributed by atoms with E-state index in [1.54, 1.807) is 0 Å². The van der Waals surface area contributed by atoms with Gasteiger partial charge in [-0.2, -0.15) is 0 Å². The second-order valence-electron chi connectivity index (χ2n) is 19.5. The summed E-state index contributed by atoms with van der Waals surface area (Å²) in [6.45, 7) is 25.5. The van der Waals surface area contributed by atoms with Crippen LogP contribution in [-0.2, 0) is 0 Å². The first-order valence-corrected chi connectivity index (χ1v) is 25.3. The predicted molar refractivity (Wildman–Crippen MR) is 319 cm³/mol. The van der Waals surface area contributed by atoms with E-state index in [0.29, 0.717) is 0 Å². The van der Waals surface area contributed by atoms with E-state index in [0.717, 1.165) is 0 Å². The molecule has 0 radical (unpaired) electrons. The highest BCUT2D eigenvalue weighted by Crippen LogP contribution is 2.24. The maximum absolute atomic E-state index is 2.22. The molecule has 0 saturated heterocycles. The number of aryl methyl sites for hydroxylation is 12. The third-order valence-corrected chi connectivity index (χ3v) is 12.9. The smallest absolute Gasteiger partial charge is 0.0152 e. The molecule has 0 nitrogen and oxygen atoms in total. The van der Waals surface area contributed by atoms with Crippen LogP contribution in [0.5, 0.6) is 0 Å². The van der Waals surface area contributed by atoms with Crippen molar-refractivity contribution < 1.29 is 0 Å². The molecule has 0 N–H and O–H groups in total. The van der Waals surface area contributed by atoms with Gasteiger partial charge >= 0.3 is 0 Å². The Balaban J connectivity index is 0.000000142. The zero-order valence-electron chi connectivity index (χ0n) is 44.9. The van der Waals surface area contributed by atoms with Gasteiger partial charge in [-0.1, -0.05) is 275 Å². The van der Waals surface area contributed by atoms with Crippen LogP contribution in [0.4, 0.5) is 0 Å². The summed E-state index contributed by atoms with van der Waals surface area (Å²) in [5, 5.41) is 8.16. The molecule has 11 rings (SSSR count). The largest absolute Gasteiger partial charge is 0.0616 e. The number of hydrogen-bond donors (Lipinski definition) is 0. The summed E-state index contributed by atoms with van der Waals surface area (Å²) < 4.78 is 0.